The molecule has 0 atom stereocenters. The molecule has 120 valence electrons. The van der Waals surface area contributed by atoms with Crippen LogP contribution in [0.3, 0.4) is 0 Å². The van der Waals surface area contributed by atoms with E-state index >= 15 is 0 Å². The second-order valence-electron chi connectivity index (χ2n) is 5.01. The van der Waals surface area contributed by atoms with Crippen LogP contribution in [0.5, 0.6) is 11.5 Å². The molecule has 0 fully saturated rings. The third-order valence-corrected chi connectivity index (χ3v) is 3.44. The fraction of sp³-hybridized carbons (Fsp3) is 0.0556. The minimum absolute atomic E-state index is 0.102. The summed E-state index contributed by atoms with van der Waals surface area (Å²) in [4.78, 5) is 16.3. The van der Waals surface area contributed by atoms with Crippen LogP contribution in [0, 0.1) is 0 Å². The first-order chi connectivity index (χ1) is 11.7. The largest absolute Gasteiger partial charge is 0.506 e. The van der Waals surface area contributed by atoms with Gasteiger partial charge in [0.1, 0.15) is 17.0 Å². The summed E-state index contributed by atoms with van der Waals surface area (Å²) in [6.45, 7) is 0. The van der Waals surface area contributed by atoms with Crippen LogP contribution in [0.15, 0.2) is 59.7 Å². The van der Waals surface area contributed by atoms with Gasteiger partial charge in [-0.2, -0.15) is 5.10 Å². The van der Waals surface area contributed by atoms with Crippen molar-refractivity contribution in [3.05, 3.63) is 65.9 Å². The molecule has 0 saturated carbocycles. The first-order valence-corrected chi connectivity index (χ1v) is 7.23. The third-order valence-electron chi connectivity index (χ3n) is 3.44. The number of para-hydroxylation sites is 1. The van der Waals surface area contributed by atoms with Crippen molar-refractivity contribution in [2.45, 2.75) is 0 Å². The zero-order chi connectivity index (χ0) is 16.9. The number of carbonyl (C=O) groups is 1. The van der Waals surface area contributed by atoms with Crippen LogP contribution in [0.4, 0.5) is 0 Å². The van der Waals surface area contributed by atoms with E-state index in [9.17, 15) is 9.90 Å². The van der Waals surface area contributed by atoms with Crippen LogP contribution in [-0.2, 0) is 0 Å². The van der Waals surface area contributed by atoms with Gasteiger partial charge in [-0.25, -0.2) is 10.4 Å². The summed E-state index contributed by atoms with van der Waals surface area (Å²) in [5.41, 5.74) is 3.92. The van der Waals surface area contributed by atoms with Gasteiger partial charge >= 0.3 is 0 Å². The smallest absolute Gasteiger partial charge is 0.271 e. The summed E-state index contributed by atoms with van der Waals surface area (Å²) in [5, 5.41) is 14.5. The minimum atomic E-state index is -0.336. The first-order valence-electron chi connectivity index (χ1n) is 7.23. The molecule has 0 unspecified atom stereocenters. The summed E-state index contributed by atoms with van der Waals surface area (Å²) >= 11 is 0. The highest BCUT2D eigenvalue weighted by atomic mass is 16.5. The Kier molecular flexibility index (Phi) is 4.38. The van der Waals surface area contributed by atoms with Crippen LogP contribution in [0.2, 0.25) is 0 Å². The Labute approximate surface area is 138 Å². The number of phenolic OH excluding ortho intramolecular Hbond substituents is 1. The average molecular weight is 321 g/mol. The molecule has 24 heavy (non-hydrogen) atoms. The van der Waals surface area contributed by atoms with E-state index in [1.165, 1.54) is 6.21 Å². The van der Waals surface area contributed by atoms with Crippen LogP contribution in [0.1, 0.15) is 16.1 Å². The van der Waals surface area contributed by atoms with Gasteiger partial charge in [0.15, 0.2) is 0 Å². The van der Waals surface area contributed by atoms with Gasteiger partial charge in [-0.3, -0.25) is 4.79 Å². The number of phenols is 1. The van der Waals surface area contributed by atoms with Gasteiger partial charge in [0.25, 0.3) is 5.91 Å². The summed E-state index contributed by atoms with van der Waals surface area (Å²) in [5.74, 6) is 0.442. The van der Waals surface area contributed by atoms with Gasteiger partial charge in [0.05, 0.1) is 19.0 Å². The van der Waals surface area contributed by atoms with E-state index in [2.05, 4.69) is 15.5 Å². The average Bonchev–Trinajstić information content (AvgIpc) is 2.62. The van der Waals surface area contributed by atoms with Crippen molar-refractivity contribution in [1.29, 1.82) is 0 Å². The molecule has 2 aromatic carbocycles. The normalized spacial score (nSPS) is 10.9. The van der Waals surface area contributed by atoms with Gasteiger partial charge in [-0.05, 0) is 36.4 Å². The highest BCUT2D eigenvalue weighted by molar-refractivity contribution is 5.95. The Bertz CT molecular complexity index is 905. The molecule has 0 saturated heterocycles. The maximum absolute atomic E-state index is 12.0. The molecule has 3 rings (SSSR count). The number of aromatic nitrogens is 1. The van der Waals surface area contributed by atoms with Crippen molar-refractivity contribution in [2.24, 2.45) is 5.10 Å². The first kappa shape index (κ1) is 15.5. The van der Waals surface area contributed by atoms with E-state index in [4.69, 9.17) is 4.74 Å². The number of carbonyl (C=O) groups excluding carboxylic acids is 1. The van der Waals surface area contributed by atoms with Crippen molar-refractivity contribution in [1.82, 2.24) is 10.4 Å². The van der Waals surface area contributed by atoms with Crippen LogP contribution in [0.25, 0.3) is 10.9 Å². The molecular weight excluding hydrogens is 306 g/mol. The van der Waals surface area contributed by atoms with Gasteiger partial charge < -0.3 is 9.84 Å². The molecule has 0 spiro atoms. The monoisotopic (exact) mass is 321 g/mol. The Morgan fingerprint density at radius 3 is 2.71 bits per heavy atom. The maximum atomic E-state index is 12.0. The molecule has 0 bridgehead atoms. The van der Waals surface area contributed by atoms with E-state index in [-0.39, 0.29) is 11.7 Å². The SMILES string of the molecule is COc1ccc(C(=O)N/N=C/c2ccc3cccc(O)c3n2)cc1. The number of hydrogen-bond donors (Lipinski definition) is 2. The predicted octanol–water partition coefficient (Wildman–Crippen LogP) is 2.71. The number of nitrogens with zero attached hydrogens (tertiary/aromatic N) is 2. The Morgan fingerprint density at radius 2 is 1.96 bits per heavy atom. The molecule has 3 aromatic rings. The molecule has 0 aliphatic rings. The lowest BCUT2D eigenvalue weighted by atomic mass is 10.2. The molecule has 1 aromatic heterocycles. The molecular formula is C18H15N3O3. The standard InChI is InChI=1S/C18H15N3O3/c1-24-15-9-6-13(7-10-15)18(23)21-19-11-14-8-5-12-3-2-4-16(22)17(12)20-14/h2-11,22H,1H3,(H,21,23)/b19-11+. The van der Waals surface area contributed by atoms with Gasteiger partial charge in [-0.15, -0.1) is 0 Å². The third kappa shape index (κ3) is 3.33. The Balaban J connectivity index is 1.71. The fourth-order valence-electron chi connectivity index (χ4n) is 2.18. The van der Waals surface area contributed by atoms with Gasteiger partial charge in [0, 0.05) is 10.9 Å². The van der Waals surface area contributed by atoms with Crippen molar-refractivity contribution in [2.75, 3.05) is 7.11 Å². The lowest BCUT2D eigenvalue weighted by Gasteiger charge is -2.02. The van der Waals surface area contributed by atoms with Crippen molar-refractivity contribution < 1.29 is 14.6 Å². The van der Waals surface area contributed by atoms with Crippen molar-refractivity contribution in [3.8, 4) is 11.5 Å². The second kappa shape index (κ2) is 6.78. The van der Waals surface area contributed by atoms with Gasteiger partial charge in [0.2, 0.25) is 0 Å². The number of pyridine rings is 1. The number of fused-ring (bicyclic) bond motifs is 1. The van der Waals surface area contributed by atoms with Crippen LogP contribution >= 0.6 is 0 Å². The molecule has 6 heteroatoms. The van der Waals surface area contributed by atoms with E-state index < -0.39 is 0 Å². The van der Waals surface area contributed by atoms with Crippen LogP contribution < -0.4 is 10.2 Å². The zero-order valence-corrected chi connectivity index (χ0v) is 12.9. The molecule has 1 amide bonds. The van der Waals surface area contributed by atoms with E-state index in [0.717, 1.165) is 5.39 Å². The summed E-state index contributed by atoms with van der Waals surface area (Å²) < 4.78 is 5.04. The van der Waals surface area contributed by atoms with Crippen LogP contribution in [-0.4, -0.2) is 29.3 Å². The number of aromatic hydroxyl groups is 1. The Hall–Kier alpha value is -3.41. The lowest BCUT2D eigenvalue weighted by Crippen LogP contribution is -2.17. The van der Waals surface area contributed by atoms with Gasteiger partial charge in [-0.1, -0.05) is 18.2 Å². The molecule has 0 aliphatic carbocycles. The number of ether oxygens (including phenoxy) is 1. The number of hydrogen-bond acceptors (Lipinski definition) is 5. The Morgan fingerprint density at radius 1 is 1.17 bits per heavy atom. The molecule has 2 N–H and O–H groups in total. The maximum Gasteiger partial charge on any atom is 0.271 e. The number of methoxy groups -OCH3 is 1. The fourth-order valence-corrected chi connectivity index (χ4v) is 2.18. The molecule has 0 radical (unpaired) electrons. The topological polar surface area (TPSA) is 83.8 Å². The summed E-state index contributed by atoms with van der Waals surface area (Å²) in [6.07, 6.45) is 1.42. The highest BCUT2D eigenvalue weighted by Gasteiger charge is 2.04. The summed E-state index contributed by atoms with van der Waals surface area (Å²) in [6, 6.07) is 15.5. The predicted molar refractivity (Wildman–Crippen MR) is 91.5 cm³/mol. The van der Waals surface area contributed by atoms with Crippen molar-refractivity contribution >= 4 is 23.0 Å². The highest BCUT2D eigenvalue weighted by Crippen LogP contribution is 2.21. The van der Waals surface area contributed by atoms with E-state index in [1.54, 1.807) is 49.6 Å². The lowest BCUT2D eigenvalue weighted by molar-refractivity contribution is 0.0955. The zero-order valence-electron chi connectivity index (χ0n) is 12.9. The number of amides is 1. The van der Waals surface area contributed by atoms with Crippen molar-refractivity contribution in [3.63, 3.8) is 0 Å². The number of benzene rings is 2. The molecule has 6 nitrogen and oxygen atoms in total. The number of hydrazone groups is 1. The second-order valence-corrected chi connectivity index (χ2v) is 5.01. The number of nitrogens with one attached hydrogen (secondary N) is 1. The molecule has 0 aliphatic heterocycles. The molecule has 1 heterocycles. The number of rotatable bonds is 4. The van der Waals surface area contributed by atoms with E-state index in [0.29, 0.717) is 22.5 Å². The van der Waals surface area contributed by atoms with E-state index in [1.807, 2.05) is 12.1 Å². The minimum Gasteiger partial charge on any atom is -0.506 e. The quantitative estimate of drug-likeness (QED) is 0.571. The summed E-state index contributed by atoms with van der Waals surface area (Å²) in [7, 11) is 1.56.